The number of carbonyl (C=O) groups is 1. The predicted octanol–water partition coefficient (Wildman–Crippen LogP) is 3.84. The molecule has 23 heavy (non-hydrogen) atoms. The average molecular weight is 351 g/mol. The quantitative estimate of drug-likeness (QED) is 0.847. The van der Waals surface area contributed by atoms with Gasteiger partial charge in [0.05, 0.1) is 11.6 Å². The second-order valence-corrected chi connectivity index (χ2v) is 5.74. The Labute approximate surface area is 140 Å². The summed E-state index contributed by atoms with van der Waals surface area (Å²) in [5, 5.41) is 6.08. The summed E-state index contributed by atoms with van der Waals surface area (Å²) in [4.78, 5) is 11.9. The van der Waals surface area contributed by atoms with Gasteiger partial charge in [0.15, 0.2) is 0 Å². The molecule has 3 nitrogen and oxygen atoms in total. The van der Waals surface area contributed by atoms with E-state index in [0.717, 1.165) is 37.9 Å². The van der Waals surface area contributed by atoms with E-state index in [4.69, 9.17) is 0 Å². The standard InChI is InChI=1S/C16H21F3N2O.ClH/c1-11(12-4-2-5-13(10-12)16(17,18)19)21-15(22)8-7-14-6-3-9-20-14;/h2,4-5,10-11,14,20H,3,6-9H2,1H3,(H,21,22);1H. The van der Waals surface area contributed by atoms with Crippen molar-refractivity contribution in [3.63, 3.8) is 0 Å². The molecule has 1 aliphatic heterocycles. The molecule has 1 fully saturated rings. The maximum Gasteiger partial charge on any atom is 0.416 e. The number of alkyl halides is 3. The molecule has 1 aromatic rings. The van der Waals surface area contributed by atoms with Crippen LogP contribution in [-0.2, 0) is 11.0 Å². The van der Waals surface area contributed by atoms with Crippen molar-refractivity contribution in [1.82, 2.24) is 10.6 Å². The van der Waals surface area contributed by atoms with Gasteiger partial charge in [0.2, 0.25) is 5.91 Å². The Morgan fingerprint density at radius 1 is 1.43 bits per heavy atom. The lowest BCUT2D eigenvalue weighted by molar-refractivity contribution is -0.137. The molecule has 2 unspecified atom stereocenters. The molecule has 0 bridgehead atoms. The van der Waals surface area contributed by atoms with Crippen molar-refractivity contribution < 1.29 is 18.0 Å². The van der Waals surface area contributed by atoms with Crippen LogP contribution in [0.1, 0.15) is 49.8 Å². The van der Waals surface area contributed by atoms with Crippen LogP contribution in [0.25, 0.3) is 0 Å². The Balaban J connectivity index is 0.00000264. The van der Waals surface area contributed by atoms with Gasteiger partial charge in [0.25, 0.3) is 0 Å². The zero-order valence-electron chi connectivity index (χ0n) is 13.0. The number of hydrogen-bond acceptors (Lipinski definition) is 2. The number of benzene rings is 1. The maximum absolute atomic E-state index is 12.7. The van der Waals surface area contributed by atoms with Crippen LogP contribution >= 0.6 is 12.4 Å². The Morgan fingerprint density at radius 2 is 2.17 bits per heavy atom. The lowest BCUT2D eigenvalue weighted by Crippen LogP contribution is -2.29. The number of carbonyl (C=O) groups excluding carboxylic acids is 1. The molecule has 1 amide bonds. The SMILES string of the molecule is CC(NC(=O)CCC1CCCN1)c1cccc(C(F)(F)F)c1.Cl. The second kappa shape index (κ2) is 8.55. The molecule has 0 aliphatic carbocycles. The van der Waals surface area contributed by atoms with Gasteiger partial charge < -0.3 is 10.6 Å². The molecule has 2 N–H and O–H groups in total. The monoisotopic (exact) mass is 350 g/mol. The molecule has 7 heteroatoms. The van der Waals surface area contributed by atoms with Crippen molar-refractivity contribution in [2.75, 3.05) is 6.54 Å². The van der Waals surface area contributed by atoms with E-state index in [1.165, 1.54) is 6.07 Å². The van der Waals surface area contributed by atoms with Gasteiger partial charge in [-0.1, -0.05) is 12.1 Å². The van der Waals surface area contributed by atoms with Crippen LogP contribution in [0.3, 0.4) is 0 Å². The zero-order valence-corrected chi connectivity index (χ0v) is 13.8. The van der Waals surface area contributed by atoms with Crippen molar-refractivity contribution >= 4 is 18.3 Å². The van der Waals surface area contributed by atoms with E-state index in [-0.39, 0.29) is 18.3 Å². The predicted molar refractivity (Wildman–Crippen MR) is 85.5 cm³/mol. The molecular weight excluding hydrogens is 329 g/mol. The second-order valence-electron chi connectivity index (χ2n) is 5.74. The third-order valence-corrected chi connectivity index (χ3v) is 3.97. The zero-order chi connectivity index (χ0) is 16.2. The molecule has 2 rings (SSSR count). The van der Waals surface area contributed by atoms with E-state index < -0.39 is 17.8 Å². The van der Waals surface area contributed by atoms with E-state index >= 15 is 0 Å². The Bertz CT molecular complexity index is 516. The Morgan fingerprint density at radius 3 is 2.78 bits per heavy atom. The molecule has 1 heterocycles. The molecular formula is C16H22ClF3N2O. The highest BCUT2D eigenvalue weighted by Crippen LogP contribution is 2.30. The lowest BCUT2D eigenvalue weighted by Gasteiger charge is -2.17. The number of hydrogen-bond donors (Lipinski definition) is 2. The third kappa shape index (κ3) is 6.03. The van der Waals surface area contributed by atoms with Gasteiger partial charge in [-0.3, -0.25) is 4.79 Å². The normalized spacial score (nSPS) is 19.0. The molecule has 1 saturated heterocycles. The number of rotatable bonds is 5. The topological polar surface area (TPSA) is 41.1 Å². The van der Waals surface area contributed by atoms with Gasteiger partial charge in [-0.05, 0) is 50.4 Å². The summed E-state index contributed by atoms with van der Waals surface area (Å²) in [6.07, 6.45) is -1.00. The van der Waals surface area contributed by atoms with Gasteiger partial charge >= 0.3 is 6.18 Å². The first-order chi connectivity index (χ1) is 10.4. The molecule has 130 valence electrons. The first-order valence-corrected chi connectivity index (χ1v) is 7.56. The minimum absolute atomic E-state index is 0. The van der Waals surface area contributed by atoms with Crippen molar-refractivity contribution in [1.29, 1.82) is 0 Å². The van der Waals surface area contributed by atoms with Crippen LogP contribution in [-0.4, -0.2) is 18.5 Å². The van der Waals surface area contributed by atoms with Crippen LogP contribution in [0.5, 0.6) is 0 Å². The average Bonchev–Trinajstić information content (AvgIpc) is 2.97. The van der Waals surface area contributed by atoms with Gasteiger partial charge in [0, 0.05) is 12.5 Å². The first-order valence-electron chi connectivity index (χ1n) is 7.56. The fourth-order valence-corrected chi connectivity index (χ4v) is 2.69. The van der Waals surface area contributed by atoms with Crippen LogP contribution in [0, 0.1) is 0 Å². The minimum Gasteiger partial charge on any atom is -0.350 e. The molecule has 1 aliphatic rings. The van der Waals surface area contributed by atoms with E-state index in [9.17, 15) is 18.0 Å². The highest BCUT2D eigenvalue weighted by molar-refractivity contribution is 5.85. The summed E-state index contributed by atoms with van der Waals surface area (Å²) >= 11 is 0. The van der Waals surface area contributed by atoms with Crippen molar-refractivity contribution in [3.8, 4) is 0 Å². The van der Waals surface area contributed by atoms with Crippen molar-refractivity contribution in [2.45, 2.75) is 50.9 Å². The fourth-order valence-electron chi connectivity index (χ4n) is 2.69. The van der Waals surface area contributed by atoms with Crippen LogP contribution in [0.15, 0.2) is 24.3 Å². The number of amides is 1. The summed E-state index contributed by atoms with van der Waals surface area (Å²) in [6, 6.07) is 5.02. The molecule has 2 atom stereocenters. The summed E-state index contributed by atoms with van der Waals surface area (Å²) < 4.78 is 38.1. The van der Waals surface area contributed by atoms with Crippen molar-refractivity contribution in [3.05, 3.63) is 35.4 Å². The van der Waals surface area contributed by atoms with Crippen LogP contribution in [0.2, 0.25) is 0 Å². The summed E-state index contributed by atoms with van der Waals surface area (Å²) in [5.41, 5.74) is -0.233. The van der Waals surface area contributed by atoms with E-state index in [1.54, 1.807) is 13.0 Å². The summed E-state index contributed by atoms with van der Waals surface area (Å²) in [7, 11) is 0. The van der Waals surface area contributed by atoms with E-state index in [2.05, 4.69) is 10.6 Å². The Kier molecular flexibility index (Phi) is 7.35. The van der Waals surface area contributed by atoms with Crippen LogP contribution in [0.4, 0.5) is 13.2 Å². The lowest BCUT2D eigenvalue weighted by atomic mass is 10.0. The van der Waals surface area contributed by atoms with Gasteiger partial charge in [0.1, 0.15) is 0 Å². The molecule has 1 aromatic carbocycles. The highest BCUT2D eigenvalue weighted by atomic mass is 35.5. The van der Waals surface area contributed by atoms with E-state index in [1.807, 2.05) is 0 Å². The first kappa shape index (κ1) is 19.8. The van der Waals surface area contributed by atoms with Crippen LogP contribution < -0.4 is 10.6 Å². The number of halogens is 4. The summed E-state index contributed by atoms with van der Waals surface area (Å²) in [5.74, 6) is -0.126. The fraction of sp³-hybridized carbons (Fsp3) is 0.562. The van der Waals surface area contributed by atoms with Gasteiger partial charge in [-0.25, -0.2) is 0 Å². The van der Waals surface area contributed by atoms with Crippen molar-refractivity contribution in [2.24, 2.45) is 0 Å². The smallest absolute Gasteiger partial charge is 0.350 e. The van der Waals surface area contributed by atoms with E-state index in [0.29, 0.717) is 18.0 Å². The molecule has 0 saturated carbocycles. The third-order valence-electron chi connectivity index (χ3n) is 3.97. The number of nitrogens with one attached hydrogen (secondary N) is 2. The molecule has 0 spiro atoms. The minimum atomic E-state index is -4.37. The maximum atomic E-state index is 12.7. The van der Waals surface area contributed by atoms with Gasteiger partial charge in [-0.15, -0.1) is 12.4 Å². The summed E-state index contributed by atoms with van der Waals surface area (Å²) in [6.45, 7) is 2.69. The molecule has 0 radical (unpaired) electrons. The van der Waals surface area contributed by atoms with Gasteiger partial charge in [-0.2, -0.15) is 13.2 Å². The Hall–Kier alpha value is -1.27. The largest absolute Gasteiger partial charge is 0.416 e. The molecule has 0 aromatic heterocycles. The highest BCUT2D eigenvalue weighted by Gasteiger charge is 2.30.